The van der Waals surface area contributed by atoms with E-state index in [1.165, 1.54) is 0 Å². The number of nitrogens with two attached hydrogens (primary N) is 1. The quantitative estimate of drug-likeness (QED) is 0.667. The molecule has 2 heterocycles. The SMILES string of the molecule is CC.Cc1ncn2ccnc(N)c12. The minimum Gasteiger partial charge on any atom is -0.382 e. The van der Waals surface area contributed by atoms with Gasteiger partial charge in [0, 0.05) is 12.4 Å². The molecule has 0 fully saturated rings. The zero-order valence-electron chi connectivity index (χ0n) is 8.15. The highest BCUT2D eigenvalue weighted by molar-refractivity contribution is 5.67. The van der Waals surface area contributed by atoms with Crippen LogP contribution in [0.1, 0.15) is 19.5 Å². The molecule has 2 aromatic rings. The van der Waals surface area contributed by atoms with Gasteiger partial charge in [-0.05, 0) is 6.92 Å². The first-order valence-electron chi connectivity index (χ1n) is 4.33. The van der Waals surface area contributed by atoms with E-state index in [1.54, 1.807) is 12.5 Å². The van der Waals surface area contributed by atoms with Gasteiger partial charge in [0.15, 0.2) is 0 Å². The topological polar surface area (TPSA) is 56.2 Å². The van der Waals surface area contributed by atoms with Crippen molar-refractivity contribution in [2.75, 3.05) is 5.73 Å². The summed E-state index contributed by atoms with van der Waals surface area (Å²) in [5.74, 6) is 0.530. The van der Waals surface area contributed by atoms with Crippen molar-refractivity contribution in [2.24, 2.45) is 0 Å². The predicted octanol–water partition coefficient (Wildman–Crippen LogP) is 1.65. The van der Waals surface area contributed by atoms with E-state index in [0.717, 1.165) is 11.2 Å². The number of nitrogens with zero attached hydrogens (tertiary/aromatic N) is 3. The Hall–Kier alpha value is -1.58. The number of rotatable bonds is 0. The van der Waals surface area contributed by atoms with E-state index in [1.807, 2.05) is 31.4 Å². The van der Waals surface area contributed by atoms with E-state index in [2.05, 4.69) is 9.97 Å². The Kier molecular flexibility index (Phi) is 2.84. The van der Waals surface area contributed by atoms with Crippen molar-refractivity contribution in [2.45, 2.75) is 20.8 Å². The van der Waals surface area contributed by atoms with Crippen LogP contribution in [0.2, 0.25) is 0 Å². The number of aromatic nitrogens is 3. The number of hydrogen-bond donors (Lipinski definition) is 1. The molecule has 0 saturated heterocycles. The lowest BCUT2D eigenvalue weighted by molar-refractivity contribution is 1.12. The molecule has 4 heteroatoms. The molecule has 2 N–H and O–H groups in total. The van der Waals surface area contributed by atoms with Gasteiger partial charge in [0.05, 0.1) is 12.0 Å². The maximum atomic E-state index is 5.63. The van der Waals surface area contributed by atoms with Gasteiger partial charge in [-0.3, -0.25) is 0 Å². The summed E-state index contributed by atoms with van der Waals surface area (Å²) in [5.41, 5.74) is 7.44. The number of imidazole rings is 1. The fourth-order valence-electron chi connectivity index (χ4n) is 1.13. The van der Waals surface area contributed by atoms with Crippen LogP contribution in [0, 0.1) is 6.92 Å². The van der Waals surface area contributed by atoms with Crippen LogP contribution in [-0.2, 0) is 0 Å². The number of fused-ring (bicyclic) bond motifs is 1. The molecule has 0 atom stereocenters. The van der Waals surface area contributed by atoms with Crippen LogP contribution in [0.25, 0.3) is 5.52 Å². The monoisotopic (exact) mass is 178 g/mol. The van der Waals surface area contributed by atoms with Gasteiger partial charge in [0.25, 0.3) is 0 Å². The van der Waals surface area contributed by atoms with Gasteiger partial charge < -0.3 is 10.1 Å². The second-order valence-corrected chi connectivity index (χ2v) is 2.40. The van der Waals surface area contributed by atoms with E-state index in [-0.39, 0.29) is 0 Å². The Bertz CT molecular complexity index is 391. The van der Waals surface area contributed by atoms with Crippen LogP contribution in [0.3, 0.4) is 0 Å². The highest BCUT2D eigenvalue weighted by Crippen LogP contribution is 2.12. The lowest BCUT2D eigenvalue weighted by Gasteiger charge is -1.95. The van der Waals surface area contributed by atoms with E-state index in [4.69, 9.17) is 5.73 Å². The number of aryl methyl sites for hydroxylation is 1. The molecule has 0 aliphatic heterocycles. The van der Waals surface area contributed by atoms with Crippen molar-refractivity contribution in [3.63, 3.8) is 0 Å². The van der Waals surface area contributed by atoms with Crippen LogP contribution in [0.15, 0.2) is 18.7 Å². The van der Waals surface area contributed by atoms with Gasteiger partial charge >= 0.3 is 0 Å². The smallest absolute Gasteiger partial charge is 0.149 e. The fraction of sp³-hybridized carbons (Fsp3) is 0.333. The van der Waals surface area contributed by atoms with Gasteiger partial charge in [0.2, 0.25) is 0 Å². The molecule has 0 aliphatic rings. The second-order valence-electron chi connectivity index (χ2n) is 2.40. The zero-order valence-corrected chi connectivity index (χ0v) is 8.15. The van der Waals surface area contributed by atoms with Crippen molar-refractivity contribution in [3.05, 3.63) is 24.4 Å². The fourth-order valence-corrected chi connectivity index (χ4v) is 1.13. The minimum absolute atomic E-state index is 0.530. The first-order chi connectivity index (χ1) is 6.29. The molecule has 4 nitrogen and oxygen atoms in total. The van der Waals surface area contributed by atoms with Crippen LogP contribution in [0.5, 0.6) is 0 Å². The van der Waals surface area contributed by atoms with Crippen molar-refractivity contribution in [1.29, 1.82) is 0 Å². The Morgan fingerprint density at radius 2 is 2.00 bits per heavy atom. The summed E-state index contributed by atoms with van der Waals surface area (Å²) in [5, 5.41) is 0. The summed E-state index contributed by atoms with van der Waals surface area (Å²) < 4.78 is 1.86. The molecule has 0 unspecified atom stereocenters. The molecule has 13 heavy (non-hydrogen) atoms. The molecule has 0 bridgehead atoms. The number of nitrogen functional groups attached to an aromatic ring is 1. The van der Waals surface area contributed by atoms with Gasteiger partial charge in [-0.1, -0.05) is 13.8 Å². The molecule has 0 radical (unpaired) electrons. The largest absolute Gasteiger partial charge is 0.382 e. The van der Waals surface area contributed by atoms with Gasteiger partial charge in [-0.25, -0.2) is 9.97 Å². The molecule has 0 aromatic carbocycles. The van der Waals surface area contributed by atoms with Crippen molar-refractivity contribution in [1.82, 2.24) is 14.4 Å². The molecule has 0 amide bonds. The normalized spacial score (nSPS) is 9.46. The Morgan fingerprint density at radius 1 is 1.31 bits per heavy atom. The molecule has 0 spiro atoms. The second kappa shape index (κ2) is 3.89. The summed E-state index contributed by atoms with van der Waals surface area (Å²) in [6.07, 6.45) is 5.21. The van der Waals surface area contributed by atoms with Gasteiger partial charge in [-0.15, -0.1) is 0 Å². The summed E-state index contributed by atoms with van der Waals surface area (Å²) in [6.45, 7) is 5.91. The maximum Gasteiger partial charge on any atom is 0.149 e. The average molecular weight is 178 g/mol. The highest BCUT2D eigenvalue weighted by Gasteiger charge is 2.01. The molecule has 2 aromatic heterocycles. The van der Waals surface area contributed by atoms with Crippen LogP contribution in [0.4, 0.5) is 5.82 Å². The van der Waals surface area contributed by atoms with Crippen molar-refractivity contribution < 1.29 is 0 Å². The summed E-state index contributed by atoms with van der Waals surface area (Å²) >= 11 is 0. The third-order valence-corrected chi connectivity index (χ3v) is 1.66. The van der Waals surface area contributed by atoms with Crippen molar-refractivity contribution >= 4 is 11.3 Å². The molecule has 0 saturated carbocycles. The Morgan fingerprint density at radius 3 is 2.62 bits per heavy atom. The van der Waals surface area contributed by atoms with Crippen LogP contribution >= 0.6 is 0 Å². The Labute approximate surface area is 77.4 Å². The number of hydrogen-bond acceptors (Lipinski definition) is 3. The zero-order chi connectivity index (χ0) is 9.84. The van der Waals surface area contributed by atoms with E-state index in [9.17, 15) is 0 Å². The first kappa shape index (κ1) is 9.51. The minimum atomic E-state index is 0.530. The predicted molar refractivity (Wildman–Crippen MR) is 53.5 cm³/mol. The molecule has 70 valence electrons. The number of anilines is 1. The average Bonchev–Trinajstić information content (AvgIpc) is 2.53. The third-order valence-electron chi connectivity index (χ3n) is 1.66. The van der Waals surface area contributed by atoms with Gasteiger partial charge in [0.1, 0.15) is 11.3 Å². The van der Waals surface area contributed by atoms with Crippen LogP contribution in [-0.4, -0.2) is 14.4 Å². The first-order valence-corrected chi connectivity index (χ1v) is 4.33. The van der Waals surface area contributed by atoms with E-state index in [0.29, 0.717) is 5.82 Å². The third kappa shape index (κ3) is 1.61. The lowest BCUT2D eigenvalue weighted by atomic mass is 10.4. The van der Waals surface area contributed by atoms with Crippen LogP contribution < -0.4 is 5.73 Å². The molecule has 0 aliphatic carbocycles. The molecular weight excluding hydrogens is 164 g/mol. The highest BCUT2D eigenvalue weighted by atomic mass is 15.0. The van der Waals surface area contributed by atoms with E-state index < -0.39 is 0 Å². The molecule has 2 rings (SSSR count). The van der Waals surface area contributed by atoms with Crippen molar-refractivity contribution in [3.8, 4) is 0 Å². The summed E-state index contributed by atoms with van der Waals surface area (Å²) in [6, 6.07) is 0. The lowest BCUT2D eigenvalue weighted by Crippen LogP contribution is -1.94. The van der Waals surface area contributed by atoms with Gasteiger partial charge in [-0.2, -0.15) is 0 Å². The standard InChI is InChI=1S/C7H8N4.C2H6/c1-5-6-7(8)9-2-3-11(6)4-10-5;1-2/h2-4H,1H3,(H2,8,9);1-2H3. The maximum absolute atomic E-state index is 5.63. The Balaban J connectivity index is 0.000000396. The van der Waals surface area contributed by atoms with E-state index >= 15 is 0 Å². The summed E-state index contributed by atoms with van der Waals surface area (Å²) in [4.78, 5) is 8.06. The molecular formula is C9H14N4. The summed E-state index contributed by atoms with van der Waals surface area (Å²) in [7, 11) is 0.